The van der Waals surface area contributed by atoms with Gasteiger partial charge in [-0.3, -0.25) is 0 Å². The first-order chi connectivity index (χ1) is 36.3. The van der Waals surface area contributed by atoms with Gasteiger partial charge in [0, 0.05) is 55.3 Å². The van der Waals surface area contributed by atoms with E-state index >= 15 is 0 Å². The summed E-state index contributed by atoms with van der Waals surface area (Å²) in [5.41, 5.74) is 14.9. The van der Waals surface area contributed by atoms with Crippen LogP contribution in [0.25, 0.3) is 88.4 Å². The lowest BCUT2D eigenvalue weighted by Gasteiger charge is -2.35. The van der Waals surface area contributed by atoms with Crippen LogP contribution in [0.15, 0.2) is 167 Å². The van der Waals surface area contributed by atoms with Crippen LogP contribution in [-0.4, -0.2) is 86.3 Å². The van der Waals surface area contributed by atoms with Crippen LogP contribution in [0, 0.1) is 0 Å². The second kappa shape index (κ2) is 16.4. The Morgan fingerprint density at radius 3 is 1.08 bits per heavy atom. The molecule has 75 heavy (non-hydrogen) atoms. The molecule has 2 aliphatic rings. The van der Waals surface area contributed by atoms with Crippen molar-refractivity contribution in [3.63, 3.8) is 0 Å². The predicted octanol–water partition coefficient (Wildman–Crippen LogP) is 3.36. The highest BCUT2D eigenvalue weighted by molar-refractivity contribution is 6.63. The van der Waals surface area contributed by atoms with E-state index in [4.69, 9.17) is 95.1 Å². The molecule has 12 aromatic rings. The normalized spacial score (nSPS) is 13.0. The first-order valence-electron chi connectivity index (χ1n) is 24.3. The standard InChI is InChI=1S/C61H26B11NO2/c62-41-23-37-47(55(70)51(41)66)48-38(24-42(63)52(67)56(48)71)61(37)39-25-43(64)53(68)57(72)49(39)50-40(61)26-44(65)54(69)58(50)73(29-19-15-27(16-20-29)31-9-5-11-35-33-7-1-3-13-45(33)74-59(31)35)30-21-17-28(18-22-30)32-10-6-12-36-34-8-2-4-14-46(34)75-60(32)36/h1-26H. The highest BCUT2D eigenvalue weighted by Gasteiger charge is 2.54. The van der Waals surface area contributed by atoms with Crippen LogP contribution in [0.2, 0.25) is 0 Å². The molecule has 14 heteroatoms. The number of anilines is 3. The minimum Gasteiger partial charge on any atom is -0.455 e. The third kappa shape index (κ3) is 6.20. The summed E-state index contributed by atoms with van der Waals surface area (Å²) in [5, 5.41) is 4.12. The molecule has 2 heterocycles. The summed E-state index contributed by atoms with van der Waals surface area (Å²) >= 11 is 0. The molecule has 0 amide bonds. The Bertz CT molecular complexity index is 4280. The summed E-state index contributed by atoms with van der Waals surface area (Å²) < 4.78 is 13.0. The smallest absolute Gasteiger partial charge is 0.143 e. The largest absolute Gasteiger partial charge is 0.455 e. The lowest BCUT2D eigenvalue weighted by Crippen LogP contribution is -2.43. The minimum atomic E-state index is -1.33. The van der Waals surface area contributed by atoms with Crippen molar-refractivity contribution in [1.82, 2.24) is 0 Å². The van der Waals surface area contributed by atoms with Crippen molar-refractivity contribution < 1.29 is 8.83 Å². The van der Waals surface area contributed by atoms with E-state index in [1.165, 1.54) is 0 Å². The van der Waals surface area contributed by atoms with Crippen LogP contribution in [0.3, 0.4) is 0 Å². The molecular formula is C61H26B11NO2. The lowest BCUT2D eigenvalue weighted by atomic mass is 9.62. The zero-order valence-corrected chi connectivity index (χ0v) is 40.1. The minimum absolute atomic E-state index is 0.184. The zero-order valence-electron chi connectivity index (χ0n) is 40.1. The molecule has 2 aliphatic carbocycles. The van der Waals surface area contributed by atoms with Crippen LogP contribution in [0.1, 0.15) is 22.3 Å². The maximum absolute atomic E-state index is 7.46. The zero-order chi connectivity index (χ0) is 51.5. The van der Waals surface area contributed by atoms with Gasteiger partial charge in [-0.2, -0.15) is 0 Å². The van der Waals surface area contributed by atoms with Crippen molar-refractivity contribution in [3.8, 4) is 44.5 Å². The Kier molecular flexibility index (Phi) is 10.0. The summed E-state index contributed by atoms with van der Waals surface area (Å²) in [7, 11) is 76.6. The van der Waals surface area contributed by atoms with E-state index in [0.29, 0.717) is 50.2 Å². The molecule has 0 aliphatic heterocycles. The van der Waals surface area contributed by atoms with Crippen molar-refractivity contribution >= 4 is 207 Å². The molecule has 0 fully saturated rings. The van der Waals surface area contributed by atoms with Gasteiger partial charge < -0.3 is 13.7 Å². The van der Waals surface area contributed by atoms with Crippen LogP contribution in [0.5, 0.6) is 0 Å². The fourth-order valence-electron chi connectivity index (χ4n) is 12.2. The van der Waals surface area contributed by atoms with E-state index < -0.39 is 5.41 Å². The van der Waals surface area contributed by atoms with Crippen LogP contribution in [-0.2, 0) is 5.41 Å². The highest BCUT2D eigenvalue weighted by atomic mass is 16.3. The van der Waals surface area contributed by atoms with E-state index in [1.54, 1.807) is 12.1 Å². The number of fused-ring (bicyclic) bond motifs is 16. The molecule has 10 aromatic carbocycles. The summed E-state index contributed by atoms with van der Waals surface area (Å²) in [6.07, 6.45) is 0. The molecule has 0 bridgehead atoms. The third-order valence-electron chi connectivity index (χ3n) is 15.7. The maximum Gasteiger partial charge on any atom is 0.143 e. The molecule has 0 N–H and O–H groups in total. The molecule has 22 radical (unpaired) electrons. The van der Waals surface area contributed by atoms with Gasteiger partial charge in [-0.15, -0.1) is 38.2 Å². The number of rotatable bonds is 5. The number of hydrogen-bond donors (Lipinski definition) is 0. The number of benzene rings is 10. The molecular weight excluding hydrogens is 898 g/mol. The van der Waals surface area contributed by atoms with Crippen molar-refractivity contribution in [2.24, 2.45) is 0 Å². The average molecular weight is 924 g/mol. The van der Waals surface area contributed by atoms with Gasteiger partial charge in [0.05, 0.1) is 5.41 Å². The first-order valence-corrected chi connectivity index (χ1v) is 24.3. The maximum atomic E-state index is 7.46. The van der Waals surface area contributed by atoms with Crippen molar-refractivity contribution in [1.29, 1.82) is 0 Å². The highest BCUT2D eigenvalue weighted by Crippen LogP contribution is 2.63. The SMILES string of the molecule is [B]c1cc2c(c([B])c1[B])-c1c(cc([B])c([B])c1[B])C21c2cc([B])c([B])c([B])c2-c2c1cc([B])c([B])c2N(c1ccc(-c2cccc3c2oc2ccccc23)cc1)c1ccc(-c2cccc3c2oc2ccccc23)cc1. The number of nitrogens with zero attached hydrogens (tertiary/aromatic N) is 1. The van der Waals surface area contributed by atoms with Crippen LogP contribution >= 0.6 is 0 Å². The Balaban J connectivity index is 1.06. The van der Waals surface area contributed by atoms with Gasteiger partial charge in [-0.25, -0.2) is 0 Å². The lowest BCUT2D eigenvalue weighted by molar-refractivity contribution is 0.669. The average Bonchev–Trinajstić information content (AvgIpc) is 4.34. The predicted molar refractivity (Wildman–Crippen MR) is 322 cm³/mol. The molecule has 0 saturated heterocycles. The van der Waals surface area contributed by atoms with Crippen molar-refractivity contribution in [2.45, 2.75) is 5.41 Å². The Labute approximate surface area is 448 Å². The molecule has 0 atom stereocenters. The summed E-state index contributed by atoms with van der Waals surface area (Å²) in [5.74, 6) is 0. The van der Waals surface area contributed by atoms with Gasteiger partial charge in [-0.05, 0) is 86.5 Å². The quantitative estimate of drug-likeness (QED) is 0.249. The third-order valence-corrected chi connectivity index (χ3v) is 15.7. The topological polar surface area (TPSA) is 29.5 Å². The van der Waals surface area contributed by atoms with Gasteiger partial charge in [0.15, 0.2) is 0 Å². The van der Waals surface area contributed by atoms with Gasteiger partial charge >= 0.3 is 0 Å². The van der Waals surface area contributed by atoms with Gasteiger partial charge in [0.25, 0.3) is 0 Å². The van der Waals surface area contributed by atoms with E-state index in [-0.39, 0.29) is 60.1 Å². The summed E-state index contributed by atoms with van der Waals surface area (Å²) in [6.45, 7) is 0. The first kappa shape index (κ1) is 45.9. The second-order valence-corrected chi connectivity index (χ2v) is 19.5. The summed E-state index contributed by atoms with van der Waals surface area (Å²) in [4.78, 5) is 2.09. The number of hydrogen-bond acceptors (Lipinski definition) is 3. The van der Waals surface area contributed by atoms with Crippen molar-refractivity contribution in [3.05, 3.63) is 180 Å². The Hall–Kier alpha value is -7.69. The van der Waals surface area contributed by atoms with Gasteiger partial charge in [-0.1, -0.05) is 143 Å². The van der Waals surface area contributed by atoms with E-state index in [9.17, 15) is 0 Å². The number of para-hydroxylation sites is 4. The van der Waals surface area contributed by atoms with Gasteiger partial charge in [0.1, 0.15) is 109 Å². The molecule has 1 spiro atoms. The summed E-state index contributed by atoms with van der Waals surface area (Å²) in [6, 6.07) is 52.2. The molecule has 14 rings (SSSR count). The molecule has 320 valence electrons. The monoisotopic (exact) mass is 925 g/mol. The van der Waals surface area contributed by atoms with E-state index in [0.717, 1.165) is 77.5 Å². The fraction of sp³-hybridized carbons (Fsp3) is 0.0164. The Morgan fingerprint density at radius 2 is 0.667 bits per heavy atom. The molecule has 0 unspecified atom stereocenters. The Morgan fingerprint density at radius 1 is 0.320 bits per heavy atom. The number of furan rings is 2. The van der Waals surface area contributed by atoms with Crippen molar-refractivity contribution in [2.75, 3.05) is 4.90 Å². The van der Waals surface area contributed by atoms with E-state index in [2.05, 4.69) is 89.8 Å². The second-order valence-electron chi connectivity index (χ2n) is 19.5. The van der Waals surface area contributed by atoms with Gasteiger partial charge in [0.2, 0.25) is 0 Å². The van der Waals surface area contributed by atoms with Crippen LogP contribution in [0.4, 0.5) is 17.1 Å². The fourth-order valence-corrected chi connectivity index (χ4v) is 12.2. The van der Waals surface area contributed by atoms with E-state index in [1.807, 2.05) is 60.7 Å². The molecule has 3 nitrogen and oxygen atoms in total. The van der Waals surface area contributed by atoms with Crippen LogP contribution < -0.4 is 65.0 Å². The molecule has 0 saturated carbocycles. The molecule has 2 aromatic heterocycles.